The molecule has 152 valence electrons. The second kappa shape index (κ2) is 8.46. The summed E-state index contributed by atoms with van der Waals surface area (Å²) in [6, 6.07) is 24.2. The Hall–Kier alpha value is -2.89. The Kier molecular flexibility index (Phi) is 5.75. The summed E-state index contributed by atoms with van der Waals surface area (Å²) < 4.78 is 0. The van der Waals surface area contributed by atoms with E-state index in [0.29, 0.717) is 11.4 Å². The first kappa shape index (κ1) is 20.4. The SMILES string of the molecule is CC(C(=O)C(C)c1sc(-c2ccccc2)cc1N)c1sc(-c2ccccc2)cc1N. The Morgan fingerprint density at radius 1 is 0.700 bits per heavy atom. The van der Waals surface area contributed by atoms with Crippen molar-refractivity contribution in [3.05, 3.63) is 82.6 Å². The van der Waals surface area contributed by atoms with Gasteiger partial charge in [-0.15, -0.1) is 22.7 Å². The van der Waals surface area contributed by atoms with Crippen LogP contribution in [-0.2, 0) is 4.79 Å². The minimum absolute atomic E-state index is 0.135. The zero-order valence-corrected chi connectivity index (χ0v) is 18.6. The van der Waals surface area contributed by atoms with Crippen LogP contribution >= 0.6 is 22.7 Å². The summed E-state index contributed by atoms with van der Waals surface area (Å²) in [7, 11) is 0. The quantitative estimate of drug-likeness (QED) is 0.353. The van der Waals surface area contributed by atoms with Crippen LogP contribution in [0.1, 0.15) is 35.4 Å². The van der Waals surface area contributed by atoms with Gasteiger partial charge in [-0.1, -0.05) is 74.5 Å². The predicted molar refractivity (Wildman–Crippen MR) is 130 cm³/mol. The van der Waals surface area contributed by atoms with E-state index in [0.717, 1.165) is 30.6 Å². The number of thiophene rings is 2. The van der Waals surface area contributed by atoms with Gasteiger partial charge in [-0.05, 0) is 23.3 Å². The van der Waals surface area contributed by atoms with Crippen LogP contribution in [0.5, 0.6) is 0 Å². The van der Waals surface area contributed by atoms with Crippen molar-refractivity contribution in [3.8, 4) is 20.9 Å². The summed E-state index contributed by atoms with van der Waals surface area (Å²) in [5.74, 6) is -0.440. The molecule has 2 atom stereocenters. The number of hydrogen-bond acceptors (Lipinski definition) is 5. The van der Waals surface area contributed by atoms with Gasteiger partial charge >= 0.3 is 0 Å². The summed E-state index contributed by atoms with van der Waals surface area (Å²) >= 11 is 3.19. The van der Waals surface area contributed by atoms with Crippen molar-refractivity contribution in [3.63, 3.8) is 0 Å². The minimum atomic E-state index is -0.288. The third-order valence-electron chi connectivity index (χ3n) is 5.34. The standard InChI is InChI=1S/C25H24N2OS2/c1-15(24-19(26)13-21(29-24)17-9-5-3-6-10-17)23(28)16(2)25-20(27)14-22(30-25)18-11-7-4-8-12-18/h3-16H,26-27H2,1-2H3. The molecular formula is C25H24N2OS2. The maximum Gasteiger partial charge on any atom is 0.149 e. The molecule has 2 aromatic carbocycles. The summed E-state index contributed by atoms with van der Waals surface area (Å²) in [6.45, 7) is 3.88. The van der Waals surface area contributed by atoms with Crippen molar-refractivity contribution in [1.29, 1.82) is 0 Å². The second-order valence-corrected chi connectivity index (χ2v) is 9.61. The highest BCUT2D eigenvalue weighted by Gasteiger charge is 2.28. The van der Waals surface area contributed by atoms with E-state index in [1.165, 1.54) is 0 Å². The number of nitrogen functional groups attached to an aromatic ring is 2. The van der Waals surface area contributed by atoms with Crippen LogP contribution < -0.4 is 11.5 Å². The predicted octanol–water partition coefficient (Wildman–Crippen LogP) is 6.78. The van der Waals surface area contributed by atoms with E-state index < -0.39 is 0 Å². The lowest BCUT2D eigenvalue weighted by Gasteiger charge is -2.15. The first-order valence-electron chi connectivity index (χ1n) is 9.88. The van der Waals surface area contributed by atoms with Gasteiger partial charge in [0.25, 0.3) is 0 Å². The molecule has 0 aliphatic carbocycles. The van der Waals surface area contributed by atoms with E-state index in [2.05, 4.69) is 24.3 Å². The molecule has 4 rings (SSSR count). The molecule has 2 aromatic heterocycles. The molecule has 0 fully saturated rings. The van der Waals surface area contributed by atoms with Crippen LogP contribution in [0.25, 0.3) is 20.9 Å². The molecule has 2 heterocycles. The van der Waals surface area contributed by atoms with Gasteiger partial charge in [0.1, 0.15) is 5.78 Å². The third-order valence-corrected chi connectivity index (χ3v) is 8.10. The van der Waals surface area contributed by atoms with Crippen molar-refractivity contribution in [1.82, 2.24) is 0 Å². The van der Waals surface area contributed by atoms with Crippen molar-refractivity contribution in [2.45, 2.75) is 25.7 Å². The number of carbonyl (C=O) groups excluding carboxylic acids is 1. The number of carbonyl (C=O) groups is 1. The van der Waals surface area contributed by atoms with Gasteiger partial charge < -0.3 is 11.5 Å². The maximum atomic E-state index is 13.3. The highest BCUT2D eigenvalue weighted by molar-refractivity contribution is 7.16. The van der Waals surface area contributed by atoms with Gasteiger partial charge in [0, 0.05) is 30.9 Å². The molecule has 0 aliphatic rings. The number of rotatable bonds is 6. The molecule has 3 nitrogen and oxygen atoms in total. The van der Waals surface area contributed by atoms with Gasteiger partial charge in [-0.2, -0.15) is 0 Å². The molecule has 0 radical (unpaired) electrons. The van der Waals surface area contributed by atoms with Crippen LogP contribution in [0.2, 0.25) is 0 Å². The van der Waals surface area contributed by atoms with E-state index in [9.17, 15) is 4.79 Å². The van der Waals surface area contributed by atoms with Gasteiger partial charge in [0.15, 0.2) is 0 Å². The first-order valence-corrected chi connectivity index (χ1v) is 11.5. The van der Waals surface area contributed by atoms with Crippen LogP contribution in [0.15, 0.2) is 72.8 Å². The molecule has 4 aromatic rings. The molecule has 0 saturated heterocycles. The fourth-order valence-corrected chi connectivity index (χ4v) is 5.93. The number of ketones is 1. The van der Waals surface area contributed by atoms with Crippen molar-refractivity contribution in [2.75, 3.05) is 11.5 Å². The largest absolute Gasteiger partial charge is 0.398 e. The average molecular weight is 433 g/mol. The van der Waals surface area contributed by atoms with Gasteiger partial charge in [-0.25, -0.2) is 0 Å². The molecule has 30 heavy (non-hydrogen) atoms. The lowest BCUT2D eigenvalue weighted by atomic mass is 9.92. The Morgan fingerprint density at radius 3 is 1.43 bits per heavy atom. The number of anilines is 2. The van der Waals surface area contributed by atoms with Crippen molar-refractivity contribution in [2.24, 2.45) is 0 Å². The Balaban J connectivity index is 1.59. The number of benzene rings is 2. The summed E-state index contributed by atoms with van der Waals surface area (Å²) in [6.07, 6.45) is 0. The first-order chi connectivity index (χ1) is 14.5. The summed E-state index contributed by atoms with van der Waals surface area (Å²) in [4.78, 5) is 17.3. The molecule has 0 saturated carbocycles. The number of nitrogens with two attached hydrogens (primary N) is 2. The second-order valence-electron chi connectivity index (χ2n) is 7.44. The highest BCUT2D eigenvalue weighted by Crippen LogP contribution is 2.42. The van der Waals surface area contributed by atoms with E-state index >= 15 is 0 Å². The topological polar surface area (TPSA) is 69.1 Å². The number of hydrogen-bond donors (Lipinski definition) is 2. The van der Waals surface area contributed by atoms with Gasteiger partial charge in [0.05, 0.1) is 11.8 Å². The number of Topliss-reactive ketones (excluding diaryl/α,β-unsaturated/α-hetero) is 1. The van der Waals surface area contributed by atoms with Crippen molar-refractivity contribution < 1.29 is 4.79 Å². The van der Waals surface area contributed by atoms with Crippen molar-refractivity contribution >= 4 is 39.8 Å². The molecule has 4 N–H and O–H groups in total. The van der Waals surface area contributed by atoms with Crippen LogP contribution in [0.3, 0.4) is 0 Å². The smallest absolute Gasteiger partial charge is 0.149 e. The monoisotopic (exact) mass is 432 g/mol. The molecule has 0 spiro atoms. The average Bonchev–Trinajstić information content (AvgIpc) is 3.36. The zero-order chi connectivity index (χ0) is 21.3. The van der Waals surface area contributed by atoms with E-state index in [1.807, 2.05) is 62.4 Å². The molecule has 0 aliphatic heterocycles. The lowest BCUT2D eigenvalue weighted by Crippen LogP contribution is -2.16. The van der Waals surface area contributed by atoms with Crippen LogP contribution in [0, 0.1) is 0 Å². The zero-order valence-electron chi connectivity index (χ0n) is 17.0. The van der Waals surface area contributed by atoms with E-state index in [4.69, 9.17) is 11.5 Å². The molecule has 0 amide bonds. The van der Waals surface area contributed by atoms with E-state index in [1.54, 1.807) is 22.7 Å². The molecule has 2 unspecified atom stereocenters. The third kappa shape index (κ3) is 3.91. The molecular weight excluding hydrogens is 408 g/mol. The Labute approximate surface area is 185 Å². The van der Waals surface area contributed by atoms with Gasteiger partial charge in [-0.3, -0.25) is 4.79 Å². The van der Waals surface area contributed by atoms with Gasteiger partial charge in [0.2, 0.25) is 0 Å². The maximum absolute atomic E-state index is 13.3. The Bertz CT molecular complexity index is 1070. The van der Waals surface area contributed by atoms with Crippen LogP contribution in [0.4, 0.5) is 11.4 Å². The Morgan fingerprint density at radius 2 is 1.07 bits per heavy atom. The highest BCUT2D eigenvalue weighted by atomic mass is 32.1. The lowest BCUT2D eigenvalue weighted by molar-refractivity contribution is -0.121. The summed E-state index contributed by atoms with van der Waals surface area (Å²) in [5.41, 5.74) is 16.2. The van der Waals surface area contributed by atoms with Crippen LogP contribution in [-0.4, -0.2) is 5.78 Å². The summed E-state index contributed by atoms with van der Waals surface area (Å²) in [5, 5.41) is 0. The molecule has 0 bridgehead atoms. The van der Waals surface area contributed by atoms with E-state index in [-0.39, 0.29) is 17.6 Å². The minimum Gasteiger partial charge on any atom is -0.398 e. The fraction of sp³-hybridized carbons (Fsp3) is 0.160. The fourth-order valence-electron chi connectivity index (χ4n) is 3.64. The normalized spacial score (nSPS) is 13.1. The molecule has 5 heteroatoms.